The van der Waals surface area contributed by atoms with Gasteiger partial charge in [0.1, 0.15) is 11.9 Å². The van der Waals surface area contributed by atoms with E-state index in [1.54, 1.807) is 19.1 Å². The Morgan fingerprint density at radius 3 is 2.67 bits per heavy atom. The molecule has 0 aliphatic carbocycles. The molecule has 0 heterocycles. The van der Waals surface area contributed by atoms with Crippen molar-refractivity contribution in [1.29, 1.82) is 0 Å². The van der Waals surface area contributed by atoms with E-state index in [9.17, 15) is 14.0 Å². The van der Waals surface area contributed by atoms with Gasteiger partial charge in [0.25, 0.3) is 0 Å². The quantitative estimate of drug-likeness (QED) is 0.721. The van der Waals surface area contributed by atoms with Crippen molar-refractivity contribution in [3.63, 3.8) is 0 Å². The first-order valence-electron chi connectivity index (χ1n) is 6.95. The van der Waals surface area contributed by atoms with Crippen molar-refractivity contribution < 1.29 is 19.1 Å². The molecule has 0 saturated heterocycles. The molecule has 0 bridgehead atoms. The fourth-order valence-corrected chi connectivity index (χ4v) is 1.89. The van der Waals surface area contributed by atoms with Crippen molar-refractivity contribution in [3.8, 4) is 0 Å². The molecule has 0 aliphatic heterocycles. The Balaban J connectivity index is 2.41. The number of carboxylic acids is 1. The third-order valence-corrected chi connectivity index (χ3v) is 3.35. The van der Waals surface area contributed by atoms with Gasteiger partial charge >= 0.3 is 12.0 Å². The van der Waals surface area contributed by atoms with Crippen LogP contribution in [-0.2, 0) is 11.2 Å². The van der Waals surface area contributed by atoms with Gasteiger partial charge in [-0.2, -0.15) is 0 Å². The summed E-state index contributed by atoms with van der Waals surface area (Å²) >= 11 is 0. The van der Waals surface area contributed by atoms with Crippen LogP contribution in [0.5, 0.6) is 0 Å². The summed E-state index contributed by atoms with van der Waals surface area (Å²) in [6, 6.07) is 4.69. The van der Waals surface area contributed by atoms with Crippen molar-refractivity contribution in [2.45, 2.75) is 32.7 Å². The average molecular weight is 296 g/mol. The summed E-state index contributed by atoms with van der Waals surface area (Å²) in [5, 5.41) is 14.1. The number of benzene rings is 1. The summed E-state index contributed by atoms with van der Waals surface area (Å²) in [5.74, 6) is -1.53. The maximum atomic E-state index is 13.0. The van der Waals surface area contributed by atoms with Crippen LogP contribution < -0.4 is 10.6 Å². The molecule has 0 aliphatic rings. The molecule has 2 unspecified atom stereocenters. The highest BCUT2D eigenvalue weighted by Gasteiger charge is 2.24. The highest BCUT2D eigenvalue weighted by atomic mass is 19.1. The Hall–Kier alpha value is -2.11. The number of urea groups is 1. The van der Waals surface area contributed by atoms with Gasteiger partial charge in [-0.25, -0.2) is 14.0 Å². The molecule has 0 aromatic heterocycles. The largest absolute Gasteiger partial charge is 0.480 e. The number of hydrogen-bond acceptors (Lipinski definition) is 2. The third-order valence-electron chi connectivity index (χ3n) is 3.35. The molecule has 1 aromatic rings. The molecule has 5 nitrogen and oxygen atoms in total. The highest BCUT2D eigenvalue weighted by Crippen LogP contribution is 2.07. The summed E-state index contributed by atoms with van der Waals surface area (Å²) in [6.45, 7) is 3.94. The van der Waals surface area contributed by atoms with Crippen LogP contribution in [0.2, 0.25) is 0 Å². The van der Waals surface area contributed by atoms with E-state index in [2.05, 4.69) is 10.6 Å². The minimum absolute atomic E-state index is 0.156. The monoisotopic (exact) mass is 296 g/mol. The molecule has 2 amide bonds. The zero-order chi connectivity index (χ0) is 15.8. The molecule has 2 atom stereocenters. The van der Waals surface area contributed by atoms with Crippen molar-refractivity contribution in [3.05, 3.63) is 35.6 Å². The topological polar surface area (TPSA) is 78.4 Å². The van der Waals surface area contributed by atoms with E-state index in [-0.39, 0.29) is 11.7 Å². The van der Waals surface area contributed by atoms with Gasteiger partial charge in [0.2, 0.25) is 0 Å². The van der Waals surface area contributed by atoms with Gasteiger partial charge in [-0.3, -0.25) is 0 Å². The van der Waals surface area contributed by atoms with E-state index in [0.717, 1.165) is 5.56 Å². The lowest BCUT2D eigenvalue weighted by Gasteiger charge is -2.20. The molecule has 0 spiro atoms. The maximum absolute atomic E-state index is 13.0. The Bertz CT molecular complexity index is 494. The molecule has 0 radical (unpaired) electrons. The number of carbonyl (C=O) groups is 2. The number of carbonyl (C=O) groups excluding carboxylic acids is 1. The predicted octanol–water partition coefficient (Wildman–Crippen LogP) is 2.17. The second-order valence-electron chi connectivity index (χ2n) is 4.98. The lowest BCUT2D eigenvalue weighted by Crippen LogP contribution is -2.49. The Morgan fingerprint density at radius 1 is 1.38 bits per heavy atom. The van der Waals surface area contributed by atoms with Crippen molar-refractivity contribution in [2.24, 2.45) is 5.92 Å². The molecule has 3 N–H and O–H groups in total. The van der Waals surface area contributed by atoms with Crippen LogP contribution in [0.25, 0.3) is 0 Å². The van der Waals surface area contributed by atoms with Gasteiger partial charge in [0.15, 0.2) is 0 Å². The van der Waals surface area contributed by atoms with Crippen molar-refractivity contribution in [1.82, 2.24) is 10.6 Å². The fraction of sp³-hybridized carbons (Fsp3) is 0.467. The van der Waals surface area contributed by atoms with Crippen LogP contribution in [0.3, 0.4) is 0 Å². The average Bonchev–Trinajstić information content (AvgIpc) is 2.43. The lowest BCUT2D eigenvalue weighted by atomic mass is 9.99. The standard InChI is InChI=1S/C15H21FN2O3/c1-3-10(2)13(14(19)20)18-15(21)17-8-7-11-5-4-6-12(16)9-11/h4-6,9-10,13H,3,7-8H2,1-2H3,(H,19,20)(H2,17,18,21). The van der Waals surface area contributed by atoms with Gasteiger partial charge in [0, 0.05) is 6.54 Å². The van der Waals surface area contributed by atoms with Crippen LogP contribution in [0.4, 0.5) is 9.18 Å². The zero-order valence-corrected chi connectivity index (χ0v) is 12.2. The summed E-state index contributed by atoms with van der Waals surface area (Å²) in [7, 11) is 0. The normalized spacial score (nSPS) is 13.3. The number of nitrogens with one attached hydrogen (secondary N) is 2. The fourth-order valence-electron chi connectivity index (χ4n) is 1.89. The molecule has 6 heteroatoms. The number of hydrogen-bond donors (Lipinski definition) is 3. The molecule has 1 aromatic carbocycles. The first-order valence-corrected chi connectivity index (χ1v) is 6.95. The van der Waals surface area contributed by atoms with Gasteiger partial charge in [-0.15, -0.1) is 0 Å². The Kier molecular flexibility index (Phi) is 6.65. The molecule has 1 rings (SSSR count). The number of carboxylic acid groups (broad SMARTS) is 1. The first kappa shape index (κ1) is 16.9. The van der Waals surface area contributed by atoms with Crippen LogP contribution in [0.1, 0.15) is 25.8 Å². The van der Waals surface area contributed by atoms with Gasteiger partial charge in [-0.05, 0) is 30.0 Å². The Morgan fingerprint density at radius 2 is 2.10 bits per heavy atom. The summed E-state index contributed by atoms with van der Waals surface area (Å²) in [5.41, 5.74) is 0.770. The number of amides is 2. The summed E-state index contributed by atoms with van der Waals surface area (Å²) < 4.78 is 13.0. The van der Waals surface area contributed by atoms with E-state index in [1.807, 2.05) is 6.92 Å². The van der Waals surface area contributed by atoms with E-state index < -0.39 is 18.0 Å². The Labute approximate surface area is 123 Å². The SMILES string of the molecule is CCC(C)C(NC(=O)NCCc1cccc(F)c1)C(=O)O. The summed E-state index contributed by atoms with van der Waals surface area (Å²) in [4.78, 5) is 22.8. The smallest absolute Gasteiger partial charge is 0.326 e. The minimum atomic E-state index is -1.05. The maximum Gasteiger partial charge on any atom is 0.326 e. The molecule has 116 valence electrons. The lowest BCUT2D eigenvalue weighted by molar-refractivity contribution is -0.140. The number of rotatable bonds is 7. The molecular weight excluding hydrogens is 275 g/mol. The van der Waals surface area contributed by atoms with E-state index >= 15 is 0 Å². The molecule has 21 heavy (non-hydrogen) atoms. The van der Waals surface area contributed by atoms with Crippen LogP contribution in [0, 0.1) is 11.7 Å². The van der Waals surface area contributed by atoms with Crippen molar-refractivity contribution in [2.75, 3.05) is 6.54 Å². The molecular formula is C15H21FN2O3. The van der Waals surface area contributed by atoms with Gasteiger partial charge in [0.05, 0.1) is 0 Å². The predicted molar refractivity (Wildman–Crippen MR) is 77.5 cm³/mol. The van der Waals surface area contributed by atoms with Crippen LogP contribution in [-0.4, -0.2) is 29.7 Å². The van der Waals surface area contributed by atoms with Crippen LogP contribution in [0.15, 0.2) is 24.3 Å². The van der Waals surface area contributed by atoms with E-state index in [0.29, 0.717) is 19.4 Å². The molecule has 0 saturated carbocycles. The van der Waals surface area contributed by atoms with E-state index in [4.69, 9.17) is 5.11 Å². The number of halogens is 1. The second-order valence-corrected chi connectivity index (χ2v) is 4.98. The summed E-state index contributed by atoms with van der Waals surface area (Å²) in [6.07, 6.45) is 1.13. The van der Waals surface area contributed by atoms with Crippen LogP contribution >= 0.6 is 0 Å². The minimum Gasteiger partial charge on any atom is -0.480 e. The third kappa shape index (κ3) is 5.81. The van der Waals surface area contributed by atoms with Crippen molar-refractivity contribution >= 4 is 12.0 Å². The highest BCUT2D eigenvalue weighted by molar-refractivity contribution is 5.82. The zero-order valence-electron chi connectivity index (χ0n) is 12.2. The second kappa shape index (κ2) is 8.24. The number of aliphatic carboxylic acids is 1. The molecule has 0 fully saturated rings. The van der Waals surface area contributed by atoms with Gasteiger partial charge in [-0.1, -0.05) is 32.4 Å². The first-order chi connectivity index (χ1) is 9.93. The van der Waals surface area contributed by atoms with Gasteiger partial charge < -0.3 is 15.7 Å². The van der Waals surface area contributed by atoms with E-state index in [1.165, 1.54) is 12.1 Å².